The van der Waals surface area contributed by atoms with Crippen LogP contribution < -0.4 is 9.64 Å². The topological polar surface area (TPSA) is 53.0 Å². The quantitative estimate of drug-likeness (QED) is 0.848. The lowest BCUT2D eigenvalue weighted by molar-refractivity contribution is 0.112. The van der Waals surface area contributed by atoms with E-state index < -0.39 is 0 Å². The van der Waals surface area contributed by atoms with Crippen molar-refractivity contribution in [3.63, 3.8) is 0 Å². The highest BCUT2D eigenvalue weighted by atomic mass is 16.5. The molecule has 0 radical (unpaired) electrons. The summed E-state index contributed by atoms with van der Waals surface area (Å²) < 4.78 is 5.17. The molecule has 132 valence electrons. The predicted octanol–water partition coefficient (Wildman–Crippen LogP) is 2.84. The molecule has 1 aliphatic heterocycles. The van der Waals surface area contributed by atoms with Crippen LogP contribution in [0, 0.1) is 6.92 Å². The number of rotatable bonds is 5. The molecule has 2 aromatic carbocycles. The fourth-order valence-electron chi connectivity index (χ4n) is 3.19. The third-order valence-corrected chi connectivity index (χ3v) is 4.70. The molecule has 1 saturated heterocycles. The number of carbonyl (C=O) groups excluding carboxylic acids is 1. The smallest absolute Gasteiger partial charge is 0.162 e. The van der Waals surface area contributed by atoms with Gasteiger partial charge in [-0.15, -0.1) is 0 Å². The Balaban J connectivity index is 1.66. The van der Waals surface area contributed by atoms with Crippen LogP contribution in [0.2, 0.25) is 0 Å². The summed E-state index contributed by atoms with van der Waals surface area (Å²) in [4.78, 5) is 15.8. The number of methoxy groups -OCH3 is 1. The van der Waals surface area contributed by atoms with Crippen LogP contribution in [0.3, 0.4) is 0 Å². The second-order valence-electron chi connectivity index (χ2n) is 6.45. The van der Waals surface area contributed by atoms with E-state index in [4.69, 9.17) is 4.74 Å². The normalized spacial score (nSPS) is 15.2. The standard InChI is InChI=1S/C20H24N2O3/c1-15-3-5-18(6-4-15)22-9-7-21(8-10-22)13-17-11-16(14-23)12-19(25-2)20(17)24/h3-6,11-12,14,24H,7-10,13H2,1-2H3. The Morgan fingerprint density at radius 3 is 2.40 bits per heavy atom. The maximum Gasteiger partial charge on any atom is 0.162 e. The van der Waals surface area contributed by atoms with E-state index in [9.17, 15) is 9.90 Å². The van der Waals surface area contributed by atoms with Crippen molar-refractivity contribution in [2.75, 3.05) is 38.2 Å². The van der Waals surface area contributed by atoms with Crippen LogP contribution in [0.25, 0.3) is 0 Å². The van der Waals surface area contributed by atoms with Crippen LogP contribution in [0.15, 0.2) is 36.4 Å². The van der Waals surface area contributed by atoms with Crippen LogP contribution in [-0.4, -0.2) is 49.6 Å². The first-order chi connectivity index (χ1) is 12.1. The van der Waals surface area contributed by atoms with E-state index in [0.717, 1.165) is 38.0 Å². The van der Waals surface area contributed by atoms with Gasteiger partial charge in [0.05, 0.1) is 7.11 Å². The Morgan fingerprint density at radius 1 is 1.12 bits per heavy atom. The zero-order chi connectivity index (χ0) is 17.8. The highest BCUT2D eigenvalue weighted by molar-refractivity contribution is 5.77. The van der Waals surface area contributed by atoms with Crippen molar-refractivity contribution in [1.29, 1.82) is 0 Å². The molecule has 0 aliphatic carbocycles. The van der Waals surface area contributed by atoms with Crippen LogP contribution in [0.5, 0.6) is 11.5 Å². The summed E-state index contributed by atoms with van der Waals surface area (Å²) in [5.41, 5.74) is 3.76. The Morgan fingerprint density at radius 2 is 1.80 bits per heavy atom. The van der Waals surface area contributed by atoms with E-state index in [-0.39, 0.29) is 5.75 Å². The van der Waals surface area contributed by atoms with E-state index in [2.05, 4.69) is 41.0 Å². The number of hydrogen-bond acceptors (Lipinski definition) is 5. The van der Waals surface area contributed by atoms with Gasteiger partial charge in [-0.3, -0.25) is 9.69 Å². The van der Waals surface area contributed by atoms with Gasteiger partial charge < -0.3 is 14.7 Å². The average Bonchev–Trinajstić information content (AvgIpc) is 2.64. The van der Waals surface area contributed by atoms with Crippen molar-refractivity contribution in [3.8, 4) is 11.5 Å². The summed E-state index contributed by atoms with van der Waals surface area (Å²) in [5.74, 6) is 0.465. The largest absolute Gasteiger partial charge is 0.504 e. The van der Waals surface area contributed by atoms with Gasteiger partial charge in [0.1, 0.15) is 6.29 Å². The molecule has 0 saturated carbocycles. The average molecular weight is 340 g/mol. The van der Waals surface area contributed by atoms with Crippen molar-refractivity contribution in [2.45, 2.75) is 13.5 Å². The lowest BCUT2D eigenvalue weighted by atomic mass is 10.1. The summed E-state index contributed by atoms with van der Waals surface area (Å²) in [5, 5.41) is 10.3. The number of anilines is 1. The van der Waals surface area contributed by atoms with Gasteiger partial charge in [0, 0.05) is 49.5 Å². The summed E-state index contributed by atoms with van der Waals surface area (Å²) in [6.07, 6.45) is 0.779. The first-order valence-corrected chi connectivity index (χ1v) is 8.49. The molecule has 25 heavy (non-hydrogen) atoms. The summed E-state index contributed by atoms with van der Waals surface area (Å²) in [6, 6.07) is 11.9. The highest BCUT2D eigenvalue weighted by Crippen LogP contribution is 2.32. The SMILES string of the molecule is COc1cc(C=O)cc(CN2CCN(c3ccc(C)cc3)CC2)c1O. The second kappa shape index (κ2) is 7.57. The zero-order valence-corrected chi connectivity index (χ0v) is 14.7. The van der Waals surface area contributed by atoms with Crippen LogP contribution >= 0.6 is 0 Å². The number of aldehydes is 1. The minimum atomic E-state index is 0.120. The molecule has 1 fully saturated rings. The summed E-state index contributed by atoms with van der Waals surface area (Å²) >= 11 is 0. The number of nitrogens with zero attached hydrogens (tertiary/aromatic N) is 2. The molecule has 0 amide bonds. The summed E-state index contributed by atoms with van der Waals surface area (Å²) in [7, 11) is 1.49. The summed E-state index contributed by atoms with van der Waals surface area (Å²) in [6.45, 7) is 6.38. The number of phenolic OH excluding ortho intramolecular Hbond substituents is 1. The zero-order valence-electron chi connectivity index (χ0n) is 14.7. The Labute approximate surface area is 148 Å². The lowest BCUT2D eigenvalue weighted by Crippen LogP contribution is -2.46. The van der Waals surface area contributed by atoms with E-state index in [1.807, 2.05) is 0 Å². The van der Waals surface area contributed by atoms with Crippen molar-refractivity contribution in [1.82, 2.24) is 4.90 Å². The molecule has 1 aliphatic rings. The number of aryl methyl sites for hydroxylation is 1. The Bertz CT molecular complexity index is 735. The second-order valence-corrected chi connectivity index (χ2v) is 6.45. The fourth-order valence-corrected chi connectivity index (χ4v) is 3.19. The van der Waals surface area contributed by atoms with Crippen LogP contribution in [0.4, 0.5) is 5.69 Å². The molecule has 0 atom stereocenters. The maximum atomic E-state index is 11.1. The fraction of sp³-hybridized carbons (Fsp3) is 0.350. The van der Waals surface area contributed by atoms with Gasteiger partial charge >= 0.3 is 0 Å². The third kappa shape index (κ3) is 3.94. The van der Waals surface area contributed by atoms with Gasteiger partial charge in [0.25, 0.3) is 0 Å². The molecule has 2 aromatic rings. The minimum absolute atomic E-state index is 0.120. The number of hydrogen-bond donors (Lipinski definition) is 1. The molecule has 0 spiro atoms. The van der Waals surface area contributed by atoms with Gasteiger partial charge in [-0.1, -0.05) is 17.7 Å². The molecule has 0 aromatic heterocycles. The first kappa shape index (κ1) is 17.3. The first-order valence-electron chi connectivity index (χ1n) is 8.49. The van der Waals surface area contributed by atoms with Crippen LogP contribution in [0.1, 0.15) is 21.5 Å². The molecule has 1 N–H and O–H groups in total. The highest BCUT2D eigenvalue weighted by Gasteiger charge is 2.19. The van der Waals surface area contributed by atoms with Gasteiger partial charge in [-0.2, -0.15) is 0 Å². The van der Waals surface area contributed by atoms with E-state index in [0.29, 0.717) is 17.9 Å². The van der Waals surface area contributed by atoms with Crippen molar-refractivity contribution in [3.05, 3.63) is 53.1 Å². The van der Waals surface area contributed by atoms with E-state index in [1.54, 1.807) is 12.1 Å². The minimum Gasteiger partial charge on any atom is -0.504 e. The number of ether oxygens (including phenoxy) is 1. The predicted molar refractivity (Wildman–Crippen MR) is 98.7 cm³/mol. The van der Waals surface area contributed by atoms with Gasteiger partial charge in [-0.25, -0.2) is 0 Å². The third-order valence-electron chi connectivity index (χ3n) is 4.70. The maximum absolute atomic E-state index is 11.1. The lowest BCUT2D eigenvalue weighted by Gasteiger charge is -2.36. The molecular weight excluding hydrogens is 316 g/mol. The Hall–Kier alpha value is -2.53. The monoisotopic (exact) mass is 340 g/mol. The molecule has 5 heteroatoms. The van der Waals surface area contributed by atoms with Gasteiger partial charge in [-0.05, 0) is 31.2 Å². The molecule has 1 heterocycles. The van der Waals surface area contributed by atoms with E-state index >= 15 is 0 Å². The molecule has 5 nitrogen and oxygen atoms in total. The van der Waals surface area contributed by atoms with Crippen molar-refractivity contribution >= 4 is 12.0 Å². The number of carbonyl (C=O) groups is 1. The number of piperazine rings is 1. The molecular formula is C20H24N2O3. The van der Waals surface area contributed by atoms with Crippen molar-refractivity contribution < 1.29 is 14.6 Å². The van der Waals surface area contributed by atoms with Gasteiger partial charge in [0.15, 0.2) is 11.5 Å². The van der Waals surface area contributed by atoms with Crippen molar-refractivity contribution in [2.24, 2.45) is 0 Å². The number of aromatic hydroxyl groups is 1. The molecule has 3 rings (SSSR count). The van der Waals surface area contributed by atoms with Crippen LogP contribution in [-0.2, 0) is 6.54 Å². The number of benzene rings is 2. The van der Waals surface area contributed by atoms with Gasteiger partial charge in [0.2, 0.25) is 0 Å². The molecule has 0 unspecified atom stereocenters. The molecule has 0 bridgehead atoms. The Kier molecular flexibility index (Phi) is 5.24. The number of phenols is 1. The van der Waals surface area contributed by atoms with E-state index in [1.165, 1.54) is 18.4 Å².